The minimum absolute atomic E-state index is 0.0147. The Balaban J connectivity index is 3.34. The van der Waals surface area contributed by atoms with Crippen molar-refractivity contribution in [3.63, 3.8) is 0 Å². The van der Waals surface area contributed by atoms with Crippen molar-refractivity contribution in [1.29, 1.82) is 0 Å². The second-order valence-electron chi connectivity index (χ2n) is 9.26. The van der Waals surface area contributed by atoms with E-state index in [0.29, 0.717) is 19.3 Å². The summed E-state index contributed by atoms with van der Waals surface area (Å²) in [7, 11) is 0. The van der Waals surface area contributed by atoms with Crippen molar-refractivity contribution in [3.05, 3.63) is 35.6 Å². The molecule has 1 N–H and O–H groups in total. The lowest BCUT2D eigenvalue weighted by Gasteiger charge is -2.38. The second-order valence-corrected chi connectivity index (χ2v) is 9.26. The van der Waals surface area contributed by atoms with Gasteiger partial charge in [-0.25, -0.2) is 4.79 Å². The maximum Gasteiger partial charge on any atom is 0.335 e. The summed E-state index contributed by atoms with van der Waals surface area (Å²) in [6.45, 7) is 10.3. The zero-order chi connectivity index (χ0) is 23.8. The molecule has 3 atom stereocenters. The van der Waals surface area contributed by atoms with Gasteiger partial charge in [-0.1, -0.05) is 32.4 Å². The van der Waals surface area contributed by atoms with Crippen LogP contribution in [0.3, 0.4) is 0 Å². The maximum atomic E-state index is 13.1. The summed E-state index contributed by atoms with van der Waals surface area (Å²) in [4.78, 5) is 49.3. The average molecular weight is 433 g/mol. The topological polar surface area (TPSA) is 97.7 Å². The molecule has 6 nitrogen and oxygen atoms in total. The van der Waals surface area contributed by atoms with Gasteiger partial charge in [0.15, 0.2) is 5.78 Å². The number of carbonyl (C=O) groups excluding carboxylic acids is 4. The molecule has 1 rings (SSSR count). The van der Waals surface area contributed by atoms with E-state index >= 15 is 0 Å². The highest BCUT2D eigenvalue weighted by atomic mass is 16.5. The molecule has 0 fully saturated rings. The van der Waals surface area contributed by atoms with Crippen molar-refractivity contribution in [3.8, 4) is 0 Å². The summed E-state index contributed by atoms with van der Waals surface area (Å²) >= 11 is 0. The summed E-state index contributed by atoms with van der Waals surface area (Å²) in [5.41, 5.74) is 0.549. The third-order valence-corrected chi connectivity index (χ3v) is 5.85. The van der Waals surface area contributed by atoms with E-state index in [9.17, 15) is 24.3 Å². The molecule has 6 heteroatoms. The lowest BCUT2D eigenvalue weighted by molar-refractivity contribution is -0.132. The van der Waals surface area contributed by atoms with E-state index in [4.69, 9.17) is 4.74 Å². The predicted molar refractivity (Wildman–Crippen MR) is 119 cm³/mol. The molecule has 0 aliphatic heterocycles. The second kappa shape index (κ2) is 11.9. The van der Waals surface area contributed by atoms with Crippen molar-refractivity contribution in [2.75, 3.05) is 6.61 Å². The molecule has 0 aromatic heterocycles. The Bertz CT molecular complexity index is 782. The average Bonchev–Trinajstić information content (AvgIpc) is 2.75. The number of aliphatic hydroxyl groups excluding tert-OH is 1. The monoisotopic (exact) mass is 432 g/mol. The molecule has 0 aromatic rings. The Morgan fingerprint density at radius 3 is 2.42 bits per heavy atom. The van der Waals surface area contributed by atoms with Gasteiger partial charge < -0.3 is 14.6 Å². The van der Waals surface area contributed by atoms with Gasteiger partial charge >= 0.3 is 5.97 Å². The van der Waals surface area contributed by atoms with Crippen LogP contribution >= 0.6 is 0 Å². The van der Waals surface area contributed by atoms with Crippen LogP contribution in [0.2, 0.25) is 0 Å². The number of Topliss-reactive ketones (excluding diaryl/α,β-unsaturated/α-hetero) is 3. The maximum absolute atomic E-state index is 13.1. The Hall–Kier alpha value is -2.34. The standard InChI is InChI=1S/C25H36O6/c1-16(2)13-23(29)31-12-9-21-20(14-18(5)27)24(30)19(15-26)7-10-25(21,6)11-8-22(28)17(3)4/h7,9,12-13,17,20-21,26H,8,10-11,14-15H2,1-6H3/b12-9+/t20-,21-,25+/m0/s1. The van der Waals surface area contributed by atoms with Crippen LogP contribution in [-0.4, -0.2) is 35.0 Å². The third kappa shape index (κ3) is 8.02. The zero-order valence-electron chi connectivity index (χ0n) is 19.6. The molecule has 0 aromatic carbocycles. The van der Waals surface area contributed by atoms with E-state index < -0.39 is 29.8 Å². The Morgan fingerprint density at radius 1 is 1.26 bits per heavy atom. The fourth-order valence-electron chi connectivity index (χ4n) is 3.95. The molecule has 0 heterocycles. The lowest BCUT2D eigenvalue weighted by Crippen LogP contribution is -2.36. The van der Waals surface area contributed by atoms with E-state index in [0.717, 1.165) is 5.57 Å². The van der Waals surface area contributed by atoms with Gasteiger partial charge in [-0.05, 0) is 51.0 Å². The first-order valence-electron chi connectivity index (χ1n) is 10.8. The molecule has 172 valence electrons. The zero-order valence-corrected chi connectivity index (χ0v) is 19.6. The minimum atomic E-state index is -0.698. The van der Waals surface area contributed by atoms with Gasteiger partial charge in [0, 0.05) is 36.3 Å². The van der Waals surface area contributed by atoms with Crippen molar-refractivity contribution < 1.29 is 29.0 Å². The fourth-order valence-corrected chi connectivity index (χ4v) is 3.95. The molecule has 0 unspecified atom stereocenters. The molecule has 31 heavy (non-hydrogen) atoms. The molecule has 1 aliphatic rings. The molecular formula is C25H36O6. The van der Waals surface area contributed by atoms with Gasteiger partial charge in [-0.2, -0.15) is 0 Å². The normalized spacial score (nSPS) is 24.0. The first-order valence-corrected chi connectivity index (χ1v) is 10.8. The van der Waals surface area contributed by atoms with Crippen molar-refractivity contribution >= 4 is 23.3 Å². The summed E-state index contributed by atoms with van der Waals surface area (Å²) in [5.74, 6) is -2.04. The van der Waals surface area contributed by atoms with Crippen LogP contribution < -0.4 is 0 Å². The van der Waals surface area contributed by atoms with Crippen LogP contribution in [0.1, 0.15) is 67.2 Å². The van der Waals surface area contributed by atoms with Crippen LogP contribution in [0.15, 0.2) is 35.6 Å². The number of rotatable bonds is 10. The van der Waals surface area contributed by atoms with Crippen LogP contribution in [-0.2, 0) is 23.9 Å². The smallest absolute Gasteiger partial charge is 0.335 e. The molecule has 0 bridgehead atoms. The number of ether oxygens (including phenoxy) is 1. The number of esters is 1. The minimum Gasteiger partial charge on any atom is -0.432 e. The largest absolute Gasteiger partial charge is 0.432 e. The van der Waals surface area contributed by atoms with Gasteiger partial charge in [0.25, 0.3) is 0 Å². The SMILES string of the molecule is CC(=O)C[C@@H]1C(=O)C(CO)=CC[C@](C)(CCC(=O)C(C)C)[C@H]1/C=C/OC(=O)C=C(C)C. The van der Waals surface area contributed by atoms with Crippen LogP contribution in [0.5, 0.6) is 0 Å². The molecule has 0 radical (unpaired) electrons. The van der Waals surface area contributed by atoms with E-state index in [2.05, 4.69) is 0 Å². The van der Waals surface area contributed by atoms with Gasteiger partial charge in [0.2, 0.25) is 0 Å². The van der Waals surface area contributed by atoms with Gasteiger partial charge in [-0.15, -0.1) is 0 Å². The number of hydrogen-bond acceptors (Lipinski definition) is 6. The van der Waals surface area contributed by atoms with E-state index in [1.165, 1.54) is 19.3 Å². The highest BCUT2D eigenvalue weighted by molar-refractivity contribution is 6.00. The summed E-state index contributed by atoms with van der Waals surface area (Å²) in [5, 5.41) is 9.70. The first kappa shape index (κ1) is 26.7. The Morgan fingerprint density at radius 2 is 1.90 bits per heavy atom. The predicted octanol–water partition coefficient (Wildman–Crippen LogP) is 4.12. The van der Waals surface area contributed by atoms with Crippen LogP contribution in [0.25, 0.3) is 0 Å². The van der Waals surface area contributed by atoms with Crippen LogP contribution in [0.4, 0.5) is 0 Å². The number of carbonyl (C=O) groups is 4. The highest BCUT2D eigenvalue weighted by Crippen LogP contribution is 2.46. The highest BCUT2D eigenvalue weighted by Gasteiger charge is 2.43. The fraction of sp³-hybridized carbons (Fsp3) is 0.600. The first-order chi connectivity index (χ1) is 14.4. The number of ketones is 3. The third-order valence-electron chi connectivity index (χ3n) is 5.85. The Kier molecular flexibility index (Phi) is 10.2. The lowest BCUT2D eigenvalue weighted by atomic mass is 9.65. The van der Waals surface area contributed by atoms with Crippen molar-refractivity contribution in [1.82, 2.24) is 0 Å². The summed E-state index contributed by atoms with van der Waals surface area (Å²) in [6, 6.07) is 0. The van der Waals surface area contributed by atoms with E-state index in [1.807, 2.05) is 20.8 Å². The van der Waals surface area contributed by atoms with E-state index in [1.54, 1.807) is 26.0 Å². The molecule has 0 amide bonds. The number of allylic oxidation sites excluding steroid dienone is 3. The van der Waals surface area contributed by atoms with Crippen molar-refractivity contribution in [2.45, 2.75) is 67.2 Å². The van der Waals surface area contributed by atoms with Gasteiger partial charge in [-0.3, -0.25) is 9.59 Å². The Labute approximate surface area is 185 Å². The van der Waals surface area contributed by atoms with E-state index in [-0.39, 0.29) is 35.3 Å². The molecule has 0 spiro atoms. The number of hydrogen-bond donors (Lipinski definition) is 1. The molecule has 0 saturated carbocycles. The quantitative estimate of drug-likeness (QED) is 0.317. The summed E-state index contributed by atoms with van der Waals surface area (Å²) in [6.07, 6.45) is 7.36. The van der Waals surface area contributed by atoms with Gasteiger partial charge in [0.05, 0.1) is 12.9 Å². The molecule has 1 aliphatic carbocycles. The van der Waals surface area contributed by atoms with Gasteiger partial charge in [0.1, 0.15) is 11.6 Å². The summed E-state index contributed by atoms with van der Waals surface area (Å²) < 4.78 is 5.17. The van der Waals surface area contributed by atoms with Crippen LogP contribution in [0, 0.1) is 23.2 Å². The molecular weight excluding hydrogens is 396 g/mol. The molecule has 0 saturated heterocycles. The van der Waals surface area contributed by atoms with Crippen molar-refractivity contribution in [2.24, 2.45) is 23.2 Å². The number of aliphatic hydroxyl groups is 1.